The summed E-state index contributed by atoms with van der Waals surface area (Å²) in [6.45, 7) is 3.24. The lowest BCUT2D eigenvalue weighted by atomic mass is 9.77. The van der Waals surface area contributed by atoms with Crippen LogP contribution in [0.5, 0.6) is 0 Å². The lowest BCUT2D eigenvalue weighted by molar-refractivity contribution is 0.0859. The van der Waals surface area contributed by atoms with Crippen LogP contribution < -0.4 is 5.48 Å². The number of hydrogen-bond donors (Lipinski definition) is 1. The van der Waals surface area contributed by atoms with Gasteiger partial charge in [-0.2, -0.15) is 5.48 Å². The molecule has 70 valence electrons. The smallest absolute Gasteiger partial charge is 0.0726 e. The van der Waals surface area contributed by atoms with Crippen molar-refractivity contribution < 1.29 is 4.84 Å². The second-order valence-electron chi connectivity index (χ2n) is 4.26. The molecule has 1 heterocycles. The van der Waals surface area contributed by atoms with Gasteiger partial charge in [0.2, 0.25) is 0 Å². The third-order valence-electron chi connectivity index (χ3n) is 3.32. The van der Waals surface area contributed by atoms with E-state index in [2.05, 4.69) is 12.4 Å². The van der Waals surface area contributed by atoms with Crippen molar-refractivity contribution in [3.63, 3.8) is 0 Å². The maximum atomic E-state index is 5.27. The first-order valence-electron chi connectivity index (χ1n) is 5.27. The van der Waals surface area contributed by atoms with Gasteiger partial charge in [0.15, 0.2) is 0 Å². The van der Waals surface area contributed by atoms with E-state index >= 15 is 0 Å². The largest absolute Gasteiger partial charge is 0.301 e. The van der Waals surface area contributed by atoms with Crippen molar-refractivity contribution in [3.8, 4) is 0 Å². The van der Waals surface area contributed by atoms with E-state index in [0.29, 0.717) is 6.04 Å². The topological polar surface area (TPSA) is 21.3 Å². The molecule has 1 N–H and O–H groups in total. The molecule has 3 atom stereocenters. The van der Waals surface area contributed by atoms with Gasteiger partial charge in [-0.1, -0.05) is 19.8 Å². The molecule has 2 heteroatoms. The fourth-order valence-corrected chi connectivity index (χ4v) is 2.63. The van der Waals surface area contributed by atoms with Crippen molar-refractivity contribution in [1.82, 2.24) is 5.48 Å². The van der Waals surface area contributed by atoms with Crippen molar-refractivity contribution in [2.45, 2.75) is 45.1 Å². The van der Waals surface area contributed by atoms with Gasteiger partial charge in [0.25, 0.3) is 0 Å². The molecule has 2 aliphatic rings. The van der Waals surface area contributed by atoms with Gasteiger partial charge in [0, 0.05) is 12.0 Å². The Kier molecular flexibility index (Phi) is 2.66. The second-order valence-corrected chi connectivity index (χ2v) is 4.26. The summed E-state index contributed by atoms with van der Waals surface area (Å²) in [7, 11) is 0. The minimum Gasteiger partial charge on any atom is -0.301 e. The van der Waals surface area contributed by atoms with Gasteiger partial charge in [0.05, 0.1) is 6.61 Å². The highest BCUT2D eigenvalue weighted by Crippen LogP contribution is 2.34. The predicted molar refractivity (Wildman–Crippen MR) is 48.6 cm³/mol. The molecular weight excluding hydrogens is 150 g/mol. The third kappa shape index (κ3) is 1.64. The van der Waals surface area contributed by atoms with Crippen LogP contribution in [-0.4, -0.2) is 12.6 Å². The molecule has 0 spiro atoms. The first kappa shape index (κ1) is 8.52. The maximum Gasteiger partial charge on any atom is 0.0726 e. The molecule has 1 aliphatic heterocycles. The highest BCUT2D eigenvalue weighted by atomic mass is 16.7. The van der Waals surface area contributed by atoms with Crippen LogP contribution in [0.2, 0.25) is 0 Å². The van der Waals surface area contributed by atoms with Crippen LogP contribution in [0.15, 0.2) is 0 Å². The summed E-state index contributed by atoms with van der Waals surface area (Å²) in [5, 5.41) is 0. The van der Waals surface area contributed by atoms with Crippen molar-refractivity contribution in [2.24, 2.45) is 11.8 Å². The summed E-state index contributed by atoms with van der Waals surface area (Å²) in [4.78, 5) is 5.27. The number of hydrogen-bond acceptors (Lipinski definition) is 2. The molecule has 0 aromatic heterocycles. The van der Waals surface area contributed by atoms with E-state index in [9.17, 15) is 0 Å². The molecule has 12 heavy (non-hydrogen) atoms. The summed E-state index contributed by atoms with van der Waals surface area (Å²) in [5.41, 5.74) is 3.12. The normalized spacial score (nSPS) is 41.2. The molecule has 1 saturated carbocycles. The van der Waals surface area contributed by atoms with Crippen LogP contribution in [0.1, 0.15) is 39.0 Å². The Hall–Kier alpha value is -0.0800. The fourth-order valence-electron chi connectivity index (χ4n) is 2.63. The van der Waals surface area contributed by atoms with E-state index < -0.39 is 0 Å². The predicted octanol–water partition coefficient (Wildman–Crippen LogP) is 2.11. The van der Waals surface area contributed by atoms with Crippen molar-refractivity contribution in [1.29, 1.82) is 0 Å². The van der Waals surface area contributed by atoms with Gasteiger partial charge in [-0.05, 0) is 25.2 Å². The van der Waals surface area contributed by atoms with Gasteiger partial charge < -0.3 is 4.84 Å². The highest BCUT2D eigenvalue weighted by Gasteiger charge is 2.34. The molecule has 2 fully saturated rings. The molecule has 0 bridgehead atoms. The quantitative estimate of drug-likeness (QED) is 0.683. The van der Waals surface area contributed by atoms with Crippen LogP contribution in [0.25, 0.3) is 0 Å². The Morgan fingerprint density at radius 1 is 1.42 bits per heavy atom. The molecule has 3 unspecified atom stereocenters. The Morgan fingerprint density at radius 3 is 3.17 bits per heavy atom. The molecule has 2 rings (SSSR count). The van der Waals surface area contributed by atoms with E-state index in [1.165, 1.54) is 32.1 Å². The van der Waals surface area contributed by atoms with Gasteiger partial charge in [0.1, 0.15) is 0 Å². The molecule has 1 aliphatic carbocycles. The zero-order chi connectivity index (χ0) is 8.39. The Balaban J connectivity index is 1.84. The SMILES string of the molecule is CCCC1CCC2NOCC2C1. The number of nitrogens with one attached hydrogen (secondary N) is 1. The van der Waals surface area contributed by atoms with Crippen molar-refractivity contribution >= 4 is 0 Å². The molecule has 2 nitrogen and oxygen atoms in total. The van der Waals surface area contributed by atoms with Gasteiger partial charge >= 0.3 is 0 Å². The average molecular weight is 169 g/mol. The van der Waals surface area contributed by atoms with Crippen molar-refractivity contribution in [2.75, 3.05) is 6.61 Å². The first-order chi connectivity index (χ1) is 5.90. The standard InChI is InChI=1S/C10H19NO/c1-2-3-8-4-5-10-9(6-8)7-12-11-10/h8-11H,2-7H2,1H3. The second kappa shape index (κ2) is 3.75. The Bertz CT molecular complexity index is 149. The minimum absolute atomic E-state index is 0.679. The van der Waals surface area contributed by atoms with Crippen LogP contribution in [0, 0.1) is 11.8 Å². The highest BCUT2D eigenvalue weighted by molar-refractivity contribution is 4.85. The van der Waals surface area contributed by atoms with Crippen LogP contribution in [0.4, 0.5) is 0 Å². The summed E-state index contributed by atoms with van der Waals surface area (Å²) >= 11 is 0. The maximum absolute atomic E-state index is 5.27. The van der Waals surface area contributed by atoms with Crippen LogP contribution in [0.3, 0.4) is 0 Å². The fraction of sp³-hybridized carbons (Fsp3) is 1.00. The van der Waals surface area contributed by atoms with E-state index in [1.807, 2.05) is 0 Å². The molecule has 0 aromatic carbocycles. The lowest BCUT2D eigenvalue weighted by Crippen LogP contribution is -2.32. The van der Waals surface area contributed by atoms with E-state index in [0.717, 1.165) is 18.4 Å². The van der Waals surface area contributed by atoms with Gasteiger partial charge in [-0.15, -0.1) is 0 Å². The first-order valence-corrected chi connectivity index (χ1v) is 5.27. The van der Waals surface area contributed by atoms with Gasteiger partial charge in [-0.3, -0.25) is 0 Å². The Morgan fingerprint density at radius 2 is 2.33 bits per heavy atom. The van der Waals surface area contributed by atoms with E-state index in [4.69, 9.17) is 4.84 Å². The van der Waals surface area contributed by atoms with Crippen LogP contribution >= 0.6 is 0 Å². The summed E-state index contributed by atoms with van der Waals surface area (Å²) in [5.74, 6) is 1.80. The van der Waals surface area contributed by atoms with Gasteiger partial charge in [-0.25, -0.2) is 0 Å². The Labute approximate surface area is 74.6 Å². The van der Waals surface area contributed by atoms with E-state index in [-0.39, 0.29) is 0 Å². The molecule has 0 aromatic rings. The molecule has 1 saturated heterocycles. The summed E-state index contributed by atoms with van der Waals surface area (Å²) in [6.07, 6.45) is 6.89. The number of fused-ring (bicyclic) bond motifs is 1. The average Bonchev–Trinajstić information content (AvgIpc) is 2.51. The van der Waals surface area contributed by atoms with E-state index in [1.54, 1.807) is 0 Å². The zero-order valence-electron chi connectivity index (χ0n) is 7.88. The monoisotopic (exact) mass is 169 g/mol. The third-order valence-corrected chi connectivity index (χ3v) is 3.32. The number of rotatable bonds is 2. The molecule has 0 radical (unpaired) electrons. The summed E-state index contributed by atoms with van der Waals surface area (Å²) < 4.78 is 0. The molecular formula is C10H19NO. The summed E-state index contributed by atoms with van der Waals surface area (Å²) in [6, 6.07) is 0.679. The lowest BCUT2D eigenvalue weighted by Gasteiger charge is -2.29. The number of hydroxylamine groups is 1. The zero-order valence-corrected chi connectivity index (χ0v) is 7.88. The van der Waals surface area contributed by atoms with Crippen molar-refractivity contribution in [3.05, 3.63) is 0 Å². The molecule has 0 amide bonds. The van der Waals surface area contributed by atoms with Crippen LogP contribution in [-0.2, 0) is 4.84 Å². The minimum atomic E-state index is 0.679.